The van der Waals surface area contributed by atoms with E-state index in [9.17, 15) is 0 Å². The lowest BCUT2D eigenvalue weighted by molar-refractivity contribution is 0.163. The molecule has 0 spiro atoms. The third-order valence-corrected chi connectivity index (χ3v) is 4.39. The van der Waals surface area contributed by atoms with Crippen LogP contribution in [0.25, 0.3) is 10.9 Å². The number of hydrogen-bond donors (Lipinski definition) is 2. The van der Waals surface area contributed by atoms with E-state index in [4.69, 9.17) is 0 Å². The van der Waals surface area contributed by atoms with Crippen LogP contribution in [0.2, 0.25) is 0 Å². The van der Waals surface area contributed by atoms with Crippen molar-refractivity contribution in [2.24, 2.45) is 0 Å². The predicted molar refractivity (Wildman–Crippen MR) is 85.0 cm³/mol. The molecule has 1 saturated heterocycles. The van der Waals surface area contributed by atoms with Gasteiger partial charge in [0.1, 0.15) is 0 Å². The van der Waals surface area contributed by atoms with Crippen LogP contribution in [0.1, 0.15) is 37.8 Å². The van der Waals surface area contributed by atoms with Crippen molar-refractivity contribution in [2.45, 2.75) is 32.2 Å². The Morgan fingerprint density at radius 2 is 2.05 bits per heavy atom. The van der Waals surface area contributed by atoms with Crippen molar-refractivity contribution in [3.05, 3.63) is 36.0 Å². The predicted octanol–water partition coefficient (Wildman–Crippen LogP) is 3.30. The van der Waals surface area contributed by atoms with Gasteiger partial charge in [-0.3, -0.25) is 4.90 Å². The normalized spacial score (nSPS) is 18.4. The highest BCUT2D eigenvalue weighted by Crippen LogP contribution is 2.29. The number of nitrogens with zero attached hydrogens (tertiary/aromatic N) is 1. The molecule has 2 aromatic rings. The van der Waals surface area contributed by atoms with Crippen LogP contribution < -0.4 is 5.32 Å². The van der Waals surface area contributed by atoms with Crippen molar-refractivity contribution in [1.82, 2.24) is 15.2 Å². The molecule has 0 amide bonds. The van der Waals surface area contributed by atoms with Crippen LogP contribution in [0.4, 0.5) is 0 Å². The van der Waals surface area contributed by atoms with Crippen molar-refractivity contribution in [3.8, 4) is 0 Å². The molecule has 108 valence electrons. The number of unbranched alkanes of at least 4 members (excludes halogenated alkanes) is 1. The quantitative estimate of drug-likeness (QED) is 0.874. The molecule has 3 rings (SSSR count). The molecule has 0 aliphatic carbocycles. The summed E-state index contributed by atoms with van der Waals surface area (Å²) in [4.78, 5) is 5.94. The van der Waals surface area contributed by atoms with E-state index in [1.54, 1.807) is 0 Å². The maximum absolute atomic E-state index is 3.46. The molecule has 1 aromatic carbocycles. The van der Waals surface area contributed by atoms with Gasteiger partial charge in [-0.1, -0.05) is 25.8 Å². The second-order valence-electron chi connectivity index (χ2n) is 5.77. The lowest BCUT2D eigenvalue weighted by Gasteiger charge is -2.35. The molecule has 2 N–H and O–H groups in total. The maximum atomic E-state index is 3.46. The van der Waals surface area contributed by atoms with Gasteiger partial charge in [-0.25, -0.2) is 0 Å². The van der Waals surface area contributed by atoms with E-state index < -0.39 is 0 Å². The van der Waals surface area contributed by atoms with Gasteiger partial charge in [-0.05, 0) is 35.6 Å². The second kappa shape index (κ2) is 6.42. The van der Waals surface area contributed by atoms with E-state index in [-0.39, 0.29) is 0 Å². The molecule has 0 saturated carbocycles. The summed E-state index contributed by atoms with van der Waals surface area (Å²) in [5, 5.41) is 4.79. The Labute approximate surface area is 121 Å². The van der Waals surface area contributed by atoms with E-state index in [0.717, 1.165) is 13.1 Å². The number of aromatic amines is 1. The zero-order valence-electron chi connectivity index (χ0n) is 12.4. The highest BCUT2D eigenvalue weighted by molar-refractivity contribution is 5.80. The lowest BCUT2D eigenvalue weighted by Crippen LogP contribution is -2.45. The molecule has 1 aliphatic heterocycles. The first-order valence-electron chi connectivity index (χ1n) is 7.90. The van der Waals surface area contributed by atoms with Gasteiger partial charge >= 0.3 is 0 Å². The van der Waals surface area contributed by atoms with Crippen molar-refractivity contribution in [3.63, 3.8) is 0 Å². The van der Waals surface area contributed by atoms with Crippen LogP contribution in [0.3, 0.4) is 0 Å². The number of H-pyrrole nitrogens is 1. The molecule has 1 aromatic heterocycles. The van der Waals surface area contributed by atoms with Gasteiger partial charge in [-0.2, -0.15) is 0 Å². The summed E-state index contributed by atoms with van der Waals surface area (Å²) in [6.45, 7) is 6.85. The summed E-state index contributed by atoms with van der Waals surface area (Å²) in [5.41, 5.74) is 2.72. The minimum Gasteiger partial charge on any atom is -0.361 e. The van der Waals surface area contributed by atoms with Gasteiger partial charge in [0.25, 0.3) is 0 Å². The molecule has 20 heavy (non-hydrogen) atoms. The zero-order chi connectivity index (χ0) is 13.8. The lowest BCUT2D eigenvalue weighted by atomic mass is 9.97. The Morgan fingerprint density at radius 3 is 2.85 bits per heavy atom. The third-order valence-electron chi connectivity index (χ3n) is 4.39. The molecule has 2 heterocycles. The summed E-state index contributed by atoms with van der Waals surface area (Å²) in [7, 11) is 0. The average molecular weight is 271 g/mol. The van der Waals surface area contributed by atoms with E-state index in [2.05, 4.69) is 46.4 Å². The van der Waals surface area contributed by atoms with Crippen molar-refractivity contribution in [1.29, 1.82) is 0 Å². The number of rotatable bonds is 5. The molecule has 1 fully saturated rings. The van der Waals surface area contributed by atoms with Gasteiger partial charge < -0.3 is 10.3 Å². The molecular formula is C17H25N3. The van der Waals surface area contributed by atoms with Gasteiger partial charge in [0.2, 0.25) is 0 Å². The molecule has 1 aliphatic rings. The van der Waals surface area contributed by atoms with E-state index in [1.807, 2.05) is 6.20 Å². The van der Waals surface area contributed by atoms with Crippen LogP contribution in [-0.4, -0.2) is 36.1 Å². The number of fused-ring (bicyclic) bond motifs is 1. The summed E-state index contributed by atoms with van der Waals surface area (Å²) in [6.07, 6.45) is 5.88. The highest BCUT2D eigenvalue weighted by Gasteiger charge is 2.21. The number of piperazine rings is 1. The fraction of sp³-hybridized carbons (Fsp3) is 0.529. The Balaban J connectivity index is 1.85. The van der Waals surface area contributed by atoms with Crippen LogP contribution in [-0.2, 0) is 0 Å². The number of benzene rings is 1. The Morgan fingerprint density at radius 1 is 1.20 bits per heavy atom. The summed E-state index contributed by atoms with van der Waals surface area (Å²) >= 11 is 0. The number of hydrogen-bond acceptors (Lipinski definition) is 2. The maximum Gasteiger partial charge on any atom is 0.0454 e. The van der Waals surface area contributed by atoms with Gasteiger partial charge in [-0.15, -0.1) is 0 Å². The first-order valence-corrected chi connectivity index (χ1v) is 7.90. The van der Waals surface area contributed by atoms with Gasteiger partial charge in [0.15, 0.2) is 0 Å². The average Bonchev–Trinajstić information content (AvgIpc) is 2.96. The van der Waals surface area contributed by atoms with Crippen LogP contribution in [0, 0.1) is 0 Å². The molecule has 3 nitrogen and oxygen atoms in total. The first-order chi connectivity index (χ1) is 9.88. The van der Waals surface area contributed by atoms with E-state index in [1.165, 1.54) is 48.8 Å². The summed E-state index contributed by atoms with van der Waals surface area (Å²) < 4.78 is 0. The molecule has 0 unspecified atom stereocenters. The van der Waals surface area contributed by atoms with Crippen molar-refractivity contribution in [2.75, 3.05) is 26.2 Å². The molecule has 0 radical (unpaired) electrons. The van der Waals surface area contributed by atoms with Crippen LogP contribution in [0.15, 0.2) is 30.5 Å². The van der Waals surface area contributed by atoms with Crippen molar-refractivity contribution < 1.29 is 0 Å². The molecule has 3 heteroatoms. The molecule has 1 atom stereocenters. The molecule has 0 bridgehead atoms. The SMILES string of the molecule is CCCC[C@@H](c1ccc2[nH]ccc2c1)N1CCNCC1. The zero-order valence-corrected chi connectivity index (χ0v) is 12.4. The topological polar surface area (TPSA) is 31.1 Å². The smallest absolute Gasteiger partial charge is 0.0454 e. The van der Waals surface area contributed by atoms with E-state index >= 15 is 0 Å². The summed E-state index contributed by atoms with van der Waals surface area (Å²) in [5.74, 6) is 0. The number of nitrogens with one attached hydrogen (secondary N) is 2. The second-order valence-corrected chi connectivity index (χ2v) is 5.77. The first kappa shape index (κ1) is 13.7. The minimum atomic E-state index is 0.580. The fourth-order valence-electron chi connectivity index (χ4n) is 3.23. The highest BCUT2D eigenvalue weighted by atomic mass is 15.2. The van der Waals surface area contributed by atoms with E-state index in [0.29, 0.717) is 6.04 Å². The minimum absolute atomic E-state index is 0.580. The fourth-order valence-corrected chi connectivity index (χ4v) is 3.23. The van der Waals surface area contributed by atoms with Crippen LogP contribution in [0.5, 0.6) is 0 Å². The van der Waals surface area contributed by atoms with Crippen molar-refractivity contribution >= 4 is 10.9 Å². The Kier molecular flexibility index (Phi) is 4.38. The third kappa shape index (κ3) is 2.89. The largest absolute Gasteiger partial charge is 0.361 e. The monoisotopic (exact) mass is 271 g/mol. The Hall–Kier alpha value is -1.32. The molecular weight excluding hydrogens is 246 g/mol. The standard InChI is InChI=1S/C17H25N3/c1-2-3-4-17(20-11-9-18-10-12-20)15-5-6-16-14(13-15)7-8-19-16/h5-8,13,17-19H,2-4,9-12H2,1H3/t17-/m0/s1. The van der Waals surface area contributed by atoms with Crippen LogP contribution >= 0.6 is 0 Å². The Bertz CT molecular complexity index is 540. The number of aromatic nitrogens is 1. The van der Waals surface area contributed by atoms with Gasteiger partial charge in [0, 0.05) is 43.9 Å². The van der Waals surface area contributed by atoms with Gasteiger partial charge in [0.05, 0.1) is 0 Å². The summed E-state index contributed by atoms with van der Waals surface area (Å²) in [6, 6.07) is 9.66.